The van der Waals surface area contributed by atoms with Gasteiger partial charge in [0.1, 0.15) is 6.61 Å². The predicted octanol–water partition coefficient (Wildman–Crippen LogP) is 9.22. The molecule has 46 heavy (non-hydrogen) atoms. The highest BCUT2D eigenvalue weighted by atomic mass is 31.2. The molecule has 0 amide bonds. The molecule has 0 bridgehead atoms. The summed E-state index contributed by atoms with van der Waals surface area (Å²) in [5.74, 6) is -0.964. The van der Waals surface area contributed by atoms with Crippen LogP contribution in [0.4, 0.5) is 0 Å². The molecule has 1 rings (SSSR count). The van der Waals surface area contributed by atoms with Crippen molar-refractivity contribution in [1.29, 1.82) is 0 Å². The number of carbonyl (C=O) groups is 2. The normalized spacial score (nSPS) is 17.3. The quantitative estimate of drug-likeness (QED) is 0.0244. The van der Waals surface area contributed by atoms with Crippen LogP contribution in [-0.2, 0) is 32.9 Å². The molecular formula is C36H63O9P. The largest absolute Gasteiger partial charge is 0.469 e. The molecular weight excluding hydrogens is 607 g/mol. The van der Waals surface area contributed by atoms with Gasteiger partial charge in [-0.1, -0.05) is 121 Å². The van der Waals surface area contributed by atoms with Gasteiger partial charge in [-0.15, -0.1) is 0 Å². The van der Waals surface area contributed by atoms with Crippen molar-refractivity contribution in [2.24, 2.45) is 0 Å². The van der Waals surface area contributed by atoms with E-state index in [0.717, 1.165) is 44.9 Å². The Bertz CT molecular complexity index is 911. The van der Waals surface area contributed by atoms with Crippen molar-refractivity contribution in [2.45, 2.75) is 167 Å². The van der Waals surface area contributed by atoms with E-state index in [1.165, 1.54) is 64.2 Å². The highest BCUT2D eigenvalue weighted by molar-refractivity contribution is 7.46. The lowest BCUT2D eigenvalue weighted by molar-refractivity contribution is -0.161. The standard InChI is InChI=1S/C36H63O9P/c1-3-5-7-9-11-13-15-16-17-19-21-23-26-33-34(45-33)27-25-29-36(38)44-32(31-43-46(39,40)41)30-42-35(37)28-24-22-20-18-14-12-10-8-6-4-2/h11,13,16-17,21,23,32-34H,3-10,12,14-15,18-20,22,24-31H2,1-2H3,(H2,39,40,41)/b13-11-,17-16-,23-21-/t32-,33?,34?/m1/s1. The van der Waals surface area contributed by atoms with Crippen molar-refractivity contribution in [3.05, 3.63) is 36.5 Å². The lowest BCUT2D eigenvalue weighted by Gasteiger charge is -2.18. The number of epoxide rings is 1. The number of esters is 2. The van der Waals surface area contributed by atoms with Gasteiger partial charge >= 0.3 is 19.8 Å². The van der Waals surface area contributed by atoms with Crippen LogP contribution >= 0.6 is 7.82 Å². The van der Waals surface area contributed by atoms with Gasteiger partial charge in [0, 0.05) is 12.8 Å². The first-order valence-corrected chi connectivity index (χ1v) is 19.4. The maximum Gasteiger partial charge on any atom is 0.469 e. The average Bonchev–Trinajstić information content (AvgIpc) is 3.77. The van der Waals surface area contributed by atoms with Crippen LogP contribution < -0.4 is 0 Å². The molecule has 0 aromatic rings. The zero-order valence-electron chi connectivity index (χ0n) is 28.7. The number of rotatable bonds is 31. The van der Waals surface area contributed by atoms with Gasteiger partial charge in [0.05, 0.1) is 18.8 Å². The summed E-state index contributed by atoms with van der Waals surface area (Å²) < 4.78 is 31.9. The summed E-state index contributed by atoms with van der Waals surface area (Å²) in [7, 11) is -4.77. The lowest BCUT2D eigenvalue weighted by Crippen LogP contribution is -2.29. The van der Waals surface area contributed by atoms with Gasteiger partial charge in [-0.3, -0.25) is 14.1 Å². The van der Waals surface area contributed by atoms with E-state index in [-0.39, 0.29) is 31.7 Å². The van der Waals surface area contributed by atoms with Gasteiger partial charge in [0.2, 0.25) is 0 Å². The molecule has 0 spiro atoms. The zero-order valence-corrected chi connectivity index (χ0v) is 29.6. The molecule has 1 aliphatic heterocycles. The first-order valence-electron chi connectivity index (χ1n) is 17.9. The van der Waals surface area contributed by atoms with Gasteiger partial charge in [-0.25, -0.2) is 4.57 Å². The third kappa shape index (κ3) is 27.4. The lowest BCUT2D eigenvalue weighted by atomic mass is 10.1. The van der Waals surface area contributed by atoms with E-state index in [1.54, 1.807) is 0 Å². The molecule has 1 saturated heterocycles. The van der Waals surface area contributed by atoms with E-state index in [2.05, 4.69) is 54.8 Å². The first kappa shape index (κ1) is 42.3. The second kappa shape index (κ2) is 28.3. The molecule has 10 heteroatoms. The number of phosphoric ester groups is 1. The average molecular weight is 671 g/mol. The minimum Gasteiger partial charge on any atom is -0.462 e. The van der Waals surface area contributed by atoms with Crippen molar-refractivity contribution in [3.8, 4) is 0 Å². The summed E-state index contributed by atoms with van der Waals surface area (Å²) in [5, 5.41) is 0. The Morgan fingerprint density at radius 2 is 1.26 bits per heavy atom. The van der Waals surface area contributed by atoms with Crippen LogP contribution in [0.5, 0.6) is 0 Å². The van der Waals surface area contributed by atoms with Crippen molar-refractivity contribution in [1.82, 2.24) is 0 Å². The van der Waals surface area contributed by atoms with Crippen molar-refractivity contribution >= 4 is 19.8 Å². The second-order valence-electron chi connectivity index (χ2n) is 12.2. The molecule has 1 aliphatic rings. The third-order valence-corrected chi connectivity index (χ3v) is 8.32. The molecule has 1 fully saturated rings. The van der Waals surface area contributed by atoms with Crippen LogP contribution in [0.3, 0.4) is 0 Å². The molecule has 1 heterocycles. The number of carbonyl (C=O) groups excluding carboxylic acids is 2. The van der Waals surface area contributed by atoms with Crippen LogP contribution in [0.15, 0.2) is 36.5 Å². The number of unbranched alkanes of at least 4 members (excludes halogenated alkanes) is 12. The van der Waals surface area contributed by atoms with E-state index < -0.39 is 32.5 Å². The number of hydrogen-bond acceptors (Lipinski definition) is 7. The monoisotopic (exact) mass is 670 g/mol. The first-order chi connectivity index (χ1) is 22.2. The fraction of sp³-hybridized carbons (Fsp3) is 0.778. The molecule has 0 aromatic heterocycles. The Balaban J connectivity index is 2.18. The number of allylic oxidation sites excluding steroid dienone is 5. The Hall–Kier alpha value is -1.77. The molecule has 2 unspecified atom stereocenters. The summed E-state index contributed by atoms with van der Waals surface area (Å²) >= 11 is 0. The molecule has 0 radical (unpaired) electrons. The second-order valence-corrected chi connectivity index (χ2v) is 13.5. The van der Waals surface area contributed by atoms with E-state index >= 15 is 0 Å². The topological polar surface area (TPSA) is 132 Å². The van der Waals surface area contributed by atoms with Gasteiger partial charge in [-0.2, -0.15) is 0 Å². The zero-order chi connectivity index (χ0) is 33.7. The van der Waals surface area contributed by atoms with Crippen LogP contribution in [0.2, 0.25) is 0 Å². The maximum absolute atomic E-state index is 12.4. The maximum atomic E-state index is 12.4. The number of phosphoric acid groups is 1. The summed E-state index contributed by atoms with van der Waals surface area (Å²) in [4.78, 5) is 42.7. The van der Waals surface area contributed by atoms with Gasteiger partial charge in [0.25, 0.3) is 0 Å². The fourth-order valence-corrected chi connectivity index (χ4v) is 5.41. The summed E-state index contributed by atoms with van der Waals surface area (Å²) in [6.07, 6.45) is 33.2. The van der Waals surface area contributed by atoms with Crippen molar-refractivity contribution < 1.29 is 42.7 Å². The molecule has 0 saturated carbocycles. The Morgan fingerprint density at radius 3 is 1.91 bits per heavy atom. The molecule has 3 atom stereocenters. The Labute approximate surface area is 278 Å². The summed E-state index contributed by atoms with van der Waals surface area (Å²) in [6.45, 7) is 3.55. The van der Waals surface area contributed by atoms with Crippen LogP contribution in [0.25, 0.3) is 0 Å². The highest BCUT2D eigenvalue weighted by Gasteiger charge is 2.36. The Morgan fingerprint density at radius 1 is 0.696 bits per heavy atom. The minimum atomic E-state index is -4.77. The molecule has 2 N–H and O–H groups in total. The highest BCUT2D eigenvalue weighted by Crippen LogP contribution is 2.36. The van der Waals surface area contributed by atoms with E-state index in [9.17, 15) is 14.2 Å². The van der Waals surface area contributed by atoms with Crippen molar-refractivity contribution in [2.75, 3.05) is 13.2 Å². The summed E-state index contributed by atoms with van der Waals surface area (Å²) in [5.41, 5.74) is 0. The van der Waals surface area contributed by atoms with Crippen LogP contribution in [0.1, 0.15) is 149 Å². The van der Waals surface area contributed by atoms with E-state index in [1.807, 2.05) is 0 Å². The smallest absolute Gasteiger partial charge is 0.462 e. The molecule has 0 aromatic carbocycles. The van der Waals surface area contributed by atoms with Gasteiger partial charge in [0.15, 0.2) is 6.10 Å². The van der Waals surface area contributed by atoms with E-state index in [0.29, 0.717) is 12.8 Å². The van der Waals surface area contributed by atoms with Crippen molar-refractivity contribution in [3.63, 3.8) is 0 Å². The minimum absolute atomic E-state index is 0.117. The molecule has 9 nitrogen and oxygen atoms in total. The number of ether oxygens (including phenoxy) is 3. The Kier molecular flexibility index (Phi) is 26.0. The summed E-state index contributed by atoms with van der Waals surface area (Å²) in [6, 6.07) is 0. The molecule has 0 aliphatic carbocycles. The van der Waals surface area contributed by atoms with Crippen LogP contribution in [0, 0.1) is 0 Å². The fourth-order valence-electron chi connectivity index (χ4n) is 5.05. The van der Waals surface area contributed by atoms with E-state index in [4.69, 9.17) is 24.0 Å². The van der Waals surface area contributed by atoms with Gasteiger partial charge < -0.3 is 24.0 Å². The van der Waals surface area contributed by atoms with Crippen LogP contribution in [-0.4, -0.2) is 53.3 Å². The number of hydrogen-bond donors (Lipinski definition) is 2. The predicted molar refractivity (Wildman–Crippen MR) is 183 cm³/mol. The SMILES string of the molecule is CCCCC/C=C\C/C=C\C/C=C\CC1OC1CCCC(=O)O[C@H](COC(=O)CCCCCCCCCCCC)COP(=O)(O)O. The van der Waals surface area contributed by atoms with Gasteiger partial charge in [-0.05, 0) is 51.4 Å². The third-order valence-electron chi connectivity index (χ3n) is 7.84. The molecule has 266 valence electrons.